The molecule has 4 heterocycles. The van der Waals surface area contributed by atoms with Crippen molar-refractivity contribution in [2.75, 3.05) is 13.2 Å². The van der Waals surface area contributed by atoms with Crippen molar-refractivity contribution in [2.45, 2.75) is 74.4 Å². The second-order valence-corrected chi connectivity index (χ2v) is 8.55. The van der Waals surface area contributed by atoms with E-state index >= 15 is 0 Å². The maximum atomic E-state index is 10.2. The highest BCUT2D eigenvalue weighted by Gasteiger charge is 2.53. The Morgan fingerprint density at radius 2 is 1.81 bits per heavy atom. The van der Waals surface area contributed by atoms with Crippen LogP contribution in [0.15, 0.2) is 54.6 Å². The molecule has 9 atom stereocenters. The van der Waals surface area contributed by atoms with E-state index in [0.29, 0.717) is 19.6 Å². The van der Waals surface area contributed by atoms with Gasteiger partial charge in [0, 0.05) is 6.42 Å². The van der Waals surface area contributed by atoms with E-state index in [0.717, 1.165) is 12.0 Å². The number of hydrogen-bond acceptors (Lipinski definition) is 7. The van der Waals surface area contributed by atoms with Crippen molar-refractivity contribution < 1.29 is 33.9 Å². The third-order valence-electron chi connectivity index (χ3n) is 6.49. The van der Waals surface area contributed by atoms with Crippen LogP contribution in [0, 0.1) is 0 Å². The molecule has 31 heavy (non-hydrogen) atoms. The van der Waals surface area contributed by atoms with Crippen molar-refractivity contribution in [1.82, 2.24) is 0 Å². The molecule has 0 radical (unpaired) electrons. The van der Waals surface area contributed by atoms with Gasteiger partial charge in [-0.1, -0.05) is 54.6 Å². The van der Waals surface area contributed by atoms with E-state index in [1.807, 2.05) is 42.5 Å². The maximum absolute atomic E-state index is 10.2. The molecule has 4 aliphatic heterocycles. The fourth-order valence-electron chi connectivity index (χ4n) is 4.90. The van der Waals surface area contributed by atoms with Crippen LogP contribution in [0.3, 0.4) is 0 Å². The minimum Gasteiger partial charge on any atom is -0.394 e. The van der Waals surface area contributed by atoms with Crippen LogP contribution in [-0.2, 0) is 30.3 Å². The fraction of sp³-hybridized carbons (Fsp3) is 0.583. The van der Waals surface area contributed by atoms with Gasteiger partial charge in [0.25, 0.3) is 0 Å². The number of aliphatic hydroxyl groups excluding tert-OH is 2. The predicted molar refractivity (Wildman–Crippen MR) is 111 cm³/mol. The summed E-state index contributed by atoms with van der Waals surface area (Å²) in [4.78, 5) is 0. The molecule has 2 N–H and O–H groups in total. The normalized spacial score (nSPS) is 42.1. The standard InChI is InChI=1S/C24H30O7/c25-13-21-16(26)9-10-17-19(30-21)12-20-23(31-17)24(28-14-15-6-2-1-3-7-15)22-18(29-20)8-4-5-11-27-22/h1-7,9-10,16-26H,8,11-14H2/t16-,17+,18-,19-,20+,21+,22-,23+,24+/m0/s1. The van der Waals surface area contributed by atoms with Gasteiger partial charge in [0.15, 0.2) is 0 Å². The average Bonchev–Trinajstić information content (AvgIpc) is 3.12. The van der Waals surface area contributed by atoms with Gasteiger partial charge >= 0.3 is 0 Å². The Morgan fingerprint density at radius 3 is 2.65 bits per heavy atom. The molecule has 1 aromatic carbocycles. The van der Waals surface area contributed by atoms with Crippen LogP contribution in [0.2, 0.25) is 0 Å². The minimum absolute atomic E-state index is 0.124. The number of benzene rings is 1. The Labute approximate surface area is 182 Å². The third kappa shape index (κ3) is 4.50. The highest BCUT2D eigenvalue weighted by molar-refractivity contribution is 5.14. The maximum Gasteiger partial charge on any atom is 0.115 e. The molecule has 0 spiro atoms. The lowest BCUT2D eigenvalue weighted by molar-refractivity contribution is -0.295. The highest BCUT2D eigenvalue weighted by atomic mass is 16.6. The Hall–Kier alpha value is -1.58. The molecule has 0 amide bonds. The predicted octanol–water partition coefficient (Wildman–Crippen LogP) is 1.52. The van der Waals surface area contributed by atoms with Crippen LogP contribution >= 0.6 is 0 Å². The van der Waals surface area contributed by atoms with E-state index in [9.17, 15) is 10.2 Å². The Balaban J connectivity index is 1.38. The summed E-state index contributed by atoms with van der Waals surface area (Å²) in [6.45, 7) is 0.728. The van der Waals surface area contributed by atoms with Crippen molar-refractivity contribution in [3.8, 4) is 0 Å². The average molecular weight is 430 g/mol. The van der Waals surface area contributed by atoms with Gasteiger partial charge in [0.2, 0.25) is 0 Å². The summed E-state index contributed by atoms with van der Waals surface area (Å²) in [6, 6.07) is 10.1. The van der Waals surface area contributed by atoms with Gasteiger partial charge < -0.3 is 33.9 Å². The molecule has 0 saturated carbocycles. The van der Waals surface area contributed by atoms with Crippen LogP contribution in [0.25, 0.3) is 0 Å². The summed E-state index contributed by atoms with van der Waals surface area (Å²) in [5.41, 5.74) is 1.09. The van der Waals surface area contributed by atoms with Gasteiger partial charge in [0.05, 0.1) is 38.1 Å². The number of ether oxygens (including phenoxy) is 5. The lowest BCUT2D eigenvalue weighted by Crippen LogP contribution is -2.64. The van der Waals surface area contributed by atoms with Crippen LogP contribution in [0.5, 0.6) is 0 Å². The van der Waals surface area contributed by atoms with Gasteiger partial charge in [0.1, 0.15) is 36.6 Å². The van der Waals surface area contributed by atoms with Crippen LogP contribution in [-0.4, -0.2) is 78.4 Å². The zero-order valence-corrected chi connectivity index (χ0v) is 17.4. The van der Waals surface area contributed by atoms with Gasteiger partial charge in [-0.25, -0.2) is 0 Å². The minimum atomic E-state index is -0.869. The van der Waals surface area contributed by atoms with Crippen molar-refractivity contribution in [1.29, 1.82) is 0 Å². The number of rotatable bonds is 4. The summed E-state index contributed by atoms with van der Waals surface area (Å²) in [6.07, 6.45) is 5.56. The molecule has 2 saturated heterocycles. The SMILES string of the molecule is OC[C@H]1O[C@H]2C[C@H]3O[C@H]4CC=CCO[C@@H]4[C@@H](OCc4ccccc4)[C@@H]3O[C@@H]2C=C[C@@H]1O. The van der Waals surface area contributed by atoms with E-state index in [1.54, 1.807) is 6.08 Å². The summed E-state index contributed by atoms with van der Waals surface area (Å²) in [7, 11) is 0. The number of aliphatic hydroxyl groups is 2. The van der Waals surface area contributed by atoms with Crippen molar-refractivity contribution in [3.63, 3.8) is 0 Å². The van der Waals surface area contributed by atoms with E-state index < -0.39 is 12.2 Å². The molecule has 5 rings (SSSR count). The molecule has 7 nitrogen and oxygen atoms in total. The largest absolute Gasteiger partial charge is 0.394 e. The molecule has 2 fully saturated rings. The molecular weight excluding hydrogens is 400 g/mol. The first-order valence-electron chi connectivity index (χ1n) is 11.1. The van der Waals surface area contributed by atoms with Crippen molar-refractivity contribution in [2.24, 2.45) is 0 Å². The quantitative estimate of drug-likeness (QED) is 0.701. The van der Waals surface area contributed by atoms with Gasteiger partial charge in [-0.15, -0.1) is 0 Å². The first-order chi connectivity index (χ1) is 15.2. The van der Waals surface area contributed by atoms with E-state index in [2.05, 4.69) is 6.08 Å². The molecular formula is C24H30O7. The zero-order valence-electron chi connectivity index (χ0n) is 17.4. The molecule has 0 aliphatic carbocycles. The Kier molecular flexibility index (Phi) is 6.52. The first kappa shape index (κ1) is 21.3. The van der Waals surface area contributed by atoms with E-state index in [1.165, 1.54) is 0 Å². The molecule has 168 valence electrons. The van der Waals surface area contributed by atoms with E-state index in [4.69, 9.17) is 23.7 Å². The second-order valence-electron chi connectivity index (χ2n) is 8.55. The topological polar surface area (TPSA) is 86.6 Å². The Bertz CT molecular complexity index is 781. The summed E-state index contributed by atoms with van der Waals surface area (Å²) < 4.78 is 31.4. The monoisotopic (exact) mass is 430 g/mol. The summed E-state index contributed by atoms with van der Waals surface area (Å²) in [5.74, 6) is 0. The first-order valence-corrected chi connectivity index (χ1v) is 11.1. The smallest absolute Gasteiger partial charge is 0.115 e. The van der Waals surface area contributed by atoms with Gasteiger partial charge in [-0.2, -0.15) is 0 Å². The zero-order chi connectivity index (χ0) is 21.2. The summed E-state index contributed by atoms with van der Waals surface area (Å²) in [5, 5.41) is 19.8. The Morgan fingerprint density at radius 1 is 0.935 bits per heavy atom. The highest BCUT2D eigenvalue weighted by Crippen LogP contribution is 2.39. The lowest BCUT2D eigenvalue weighted by atomic mass is 9.87. The molecule has 1 aromatic rings. The number of hydrogen-bond donors (Lipinski definition) is 2. The molecule has 0 unspecified atom stereocenters. The van der Waals surface area contributed by atoms with Crippen LogP contribution in [0.4, 0.5) is 0 Å². The third-order valence-corrected chi connectivity index (χ3v) is 6.49. The van der Waals surface area contributed by atoms with Crippen LogP contribution < -0.4 is 0 Å². The van der Waals surface area contributed by atoms with Crippen LogP contribution in [0.1, 0.15) is 18.4 Å². The summed E-state index contributed by atoms with van der Waals surface area (Å²) >= 11 is 0. The van der Waals surface area contributed by atoms with Crippen molar-refractivity contribution in [3.05, 3.63) is 60.2 Å². The molecule has 0 aromatic heterocycles. The lowest BCUT2D eigenvalue weighted by Gasteiger charge is -2.50. The molecule has 4 aliphatic rings. The van der Waals surface area contributed by atoms with Gasteiger partial charge in [-0.3, -0.25) is 0 Å². The fourth-order valence-corrected chi connectivity index (χ4v) is 4.90. The van der Waals surface area contributed by atoms with Crippen molar-refractivity contribution >= 4 is 0 Å². The number of fused-ring (bicyclic) bond motifs is 3. The van der Waals surface area contributed by atoms with Gasteiger partial charge in [-0.05, 0) is 12.0 Å². The molecule has 7 heteroatoms. The second kappa shape index (κ2) is 9.50. The van der Waals surface area contributed by atoms with E-state index in [-0.39, 0.29) is 49.3 Å². The molecule has 0 bridgehead atoms.